The Kier molecular flexibility index (Phi) is 9.29. The monoisotopic (exact) mass is 348 g/mol. The van der Waals surface area contributed by atoms with Crippen molar-refractivity contribution in [3.63, 3.8) is 0 Å². The summed E-state index contributed by atoms with van der Waals surface area (Å²) in [4.78, 5) is 37.2. The Balaban J connectivity index is 2.32. The first-order valence-electron chi connectivity index (χ1n) is 8.65. The van der Waals surface area contributed by atoms with Crippen molar-refractivity contribution in [3.8, 4) is 0 Å². The SMILES string of the molecule is COC(=O)CCCN(C(=O)CCCNC(=O)c1ccccc1)C(C)C. The highest BCUT2D eigenvalue weighted by molar-refractivity contribution is 5.94. The first-order valence-corrected chi connectivity index (χ1v) is 8.65. The highest BCUT2D eigenvalue weighted by Gasteiger charge is 2.17. The van der Waals surface area contributed by atoms with Gasteiger partial charge in [0.2, 0.25) is 5.91 Å². The van der Waals surface area contributed by atoms with E-state index in [-0.39, 0.29) is 23.8 Å². The lowest BCUT2D eigenvalue weighted by Crippen LogP contribution is -2.38. The highest BCUT2D eigenvalue weighted by Crippen LogP contribution is 2.07. The molecule has 1 aromatic carbocycles. The molecule has 138 valence electrons. The van der Waals surface area contributed by atoms with Gasteiger partial charge in [0.15, 0.2) is 0 Å². The molecule has 0 saturated heterocycles. The third-order valence-corrected chi connectivity index (χ3v) is 3.84. The van der Waals surface area contributed by atoms with Crippen LogP contribution in [0.4, 0.5) is 0 Å². The molecule has 0 aliphatic rings. The molecule has 0 aromatic heterocycles. The zero-order valence-corrected chi connectivity index (χ0v) is 15.3. The molecule has 1 N–H and O–H groups in total. The molecule has 1 aromatic rings. The van der Waals surface area contributed by atoms with Crippen LogP contribution in [0.5, 0.6) is 0 Å². The molecule has 0 atom stereocenters. The van der Waals surface area contributed by atoms with Crippen LogP contribution in [0.15, 0.2) is 30.3 Å². The van der Waals surface area contributed by atoms with Gasteiger partial charge in [0.1, 0.15) is 0 Å². The van der Waals surface area contributed by atoms with Gasteiger partial charge in [-0.15, -0.1) is 0 Å². The minimum atomic E-state index is -0.264. The van der Waals surface area contributed by atoms with Crippen LogP contribution < -0.4 is 5.32 Å². The van der Waals surface area contributed by atoms with Gasteiger partial charge in [-0.1, -0.05) is 18.2 Å². The van der Waals surface area contributed by atoms with Gasteiger partial charge in [0.25, 0.3) is 5.91 Å². The summed E-state index contributed by atoms with van der Waals surface area (Å²) >= 11 is 0. The molecule has 25 heavy (non-hydrogen) atoms. The van der Waals surface area contributed by atoms with Crippen molar-refractivity contribution >= 4 is 17.8 Å². The van der Waals surface area contributed by atoms with Crippen LogP contribution >= 0.6 is 0 Å². The maximum atomic E-state index is 12.3. The predicted molar refractivity (Wildman–Crippen MR) is 96.1 cm³/mol. The van der Waals surface area contributed by atoms with Crippen LogP contribution in [0.1, 0.15) is 49.9 Å². The van der Waals surface area contributed by atoms with Crippen LogP contribution in [0.25, 0.3) is 0 Å². The average Bonchev–Trinajstić information content (AvgIpc) is 2.62. The van der Waals surface area contributed by atoms with E-state index in [2.05, 4.69) is 10.1 Å². The molecule has 0 bridgehead atoms. The number of carbonyl (C=O) groups is 3. The number of hydrogen-bond donors (Lipinski definition) is 1. The van der Waals surface area contributed by atoms with Gasteiger partial charge < -0.3 is 15.0 Å². The summed E-state index contributed by atoms with van der Waals surface area (Å²) in [6.45, 7) is 4.88. The van der Waals surface area contributed by atoms with Crippen LogP contribution in [-0.4, -0.2) is 48.9 Å². The first-order chi connectivity index (χ1) is 12.0. The predicted octanol–water partition coefficient (Wildman–Crippen LogP) is 2.39. The molecule has 0 aliphatic heterocycles. The van der Waals surface area contributed by atoms with E-state index in [1.165, 1.54) is 7.11 Å². The molecular weight excluding hydrogens is 320 g/mol. The lowest BCUT2D eigenvalue weighted by atomic mass is 10.2. The minimum Gasteiger partial charge on any atom is -0.469 e. The third-order valence-electron chi connectivity index (χ3n) is 3.84. The number of hydrogen-bond acceptors (Lipinski definition) is 4. The molecule has 0 heterocycles. The number of nitrogens with one attached hydrogen (secondary N) is 1. The number of benzene rings is 1. The molecule has 2 amide bonds. The fraction of sp³-hybridized carbons (Fsp3) is 0.526. The maximum Gasteiger partial charge on any atom is 0.305 e. The Morgan fingerprint density at radius 2 is 1.76 bits per heavy atom. The first kappa shape index (κ1) is 20.7. The molecular formula is C19H28N2O4. The molecule has 0 spiro atoms. The van der Waals surface area contributed by atoms with Crippen LogP contribution in [0.3, 0.4) is 0 Å². The fourth-order valence-electron chi connectivity index (χ4n) is 2.44. The normalized spacial score (nSPS) is 10.4. The standard InChI is InChI=1S/C19H28N2O4/c1-15(2)21(14-8-12-18(23)25-3)17(22)11-7-13-20-19(24)16-9-5-4-6-10-16/h4-6,9-10,15H,7-8,11-14H2,1-3H3,(H,20,24). The number of amides is 2. The molecule has 0 aliphatic carbocycles. The van der Waals surface area contributed by atoms with Gasteiger partial charge in [-0.2, -0.15) is 0 Å². The second-order valence-electron chi connectivity index (χ2n) is 6.09. The Bertz CT molecular complexity index is 558. The zero-order chi connectivity index (χ0) is 18.7. The van der Waals surface area contributed by atoms with Crippen LogP contribution in [0, 0.1) is 0 Å². The summed E-state index contributed by atoms with van der Waals surface area (Å²) in [5.74, 6) is -0.361. The van der Waals surface area contributed by atoms with Gasteiger partial charge in [-0.25, -0.2) is 0 Å². The van der Waals surface area contributed by atoms with E-state index < -0.39 is 0 Å². The summed E-state index contributed by atoms with van der Waals surface area (Å²) in [7, 11) is 1.36. The minimum absolute atomic E-state index is 0.0359. The van der Waals surface area contributed by atoms with Crippen molar-refractivity contribution in [2.24, 2.45) is 0 Å². The van der Waals surface area contributed by atoms with E-state index in [0.29, 0.717) is 44.3 Å². The van der Waals surface area contributed by atoms with Crippen LogP contribution in [0.2, 0.25) is 0 Å². The maximum absolute atomic E-state index is 12.3. The molecule has 0 radical (unpaired) electrons. The summed E-state index contributed by atoms with van der Waals surface area (Å²) in [5, 5.41) is 2.82. The summed E-state index contributed by atoms with van der Waals surface area (Å²) in [5.41, 5.74) is 0.612. The van der Waals surface area contributed by atoms with Gasteiger partial charge in [-0.3, -0.25) is 14.4 Å². The molecule has 0 unspecified atom stereocenters. The van der Waals surface area contributed by atoms with E-state index in [1.807, 2.05) is 32.0 Å². The number of nitrogens with zero attached hydrogens (tertiary/aromatic N) is 1. The number of rotatable bonds is 10. The molecule has 0 fully saturated rings. The Morgan fingerprint density at radius 3 is 2.36 bits per heavy atom. The Hall–Kier alpha value is -2.37. The quantitative estimate of drug-likeness (QED) is 0.520. The van der Waals surface area contributed by atoms with Gasteiger partial charge >= 0.3 is 5.97 Å². The van der Waals surface area contributed by atoms with E-state index in [1.54, 1.807) is 17.0 Å². The third kappa shape index (κ3) is 7.83. The number of ether oxygens (including phenoxy) is 1. The van der Waals surface area contributed by atoms with Crippen molar-refractivity contribution in [1.82, 2.24) is 10.2 Å². The van der Waals surface area contributed by atoms with Gasteiger partial charge in [-0.05, 0) is 38.8 Å². The average molecular weight is 348 g/mol. The summed E-state index contributed by atoms with van der Waals surface area (Å²) < 4.78 is 4.61. The van der Waals surface area contributed by atoms with E-state index in [0.717, 1.165) is 0 Å². The topological polar surface area (TPSA) is 75.7 Å². The second kappa shape index (κ2) is 11.2. The summed E-state index contributed by atoms with van der Waals surface area (Å²) in [6, 6.07) is 9.06. The molecule has 6 nitrogen and oxygen atoms in total. The van der Waals surface area contributed by atoms with Crippen molar-refractivity contribution in [1.29, 1.82) is 0 Å². The molecule has 0 saturated carbocycles. The largest absolute Gasteiger partial charge is 0.469 e. The fourth-order valence-corrected chi connectivity index (χ4v) is 2.44. The van der Waals surface area contributed by atoms with Gasteiger partial charge in [0.05, 0.1) is 7.11 Å². The highest BCUT2D eigenvalue weighted by atomic mass is 16.5. The smallest absolute Gasteiger partial charge is 0.305 e. The lowest BCUT2D eigenvalue weighted by molar-refractivity contribution is -0.141. The van der Waals surface area contributed by atoms with Crippen molar-refractivity contribution in [3.05, 3.63) is 35.9 Å². The van der Waals surface area contributed by atoms with Gasteiger partial charge in [0, 0.05) is 37.5 Å². The molecule has 1 rings (SSSR count). The van der Waals surface area contributed by atoms with Crippen LogP contribution in [-0.2, 0) is 14.3 Å². The lowest BCUT2D eigenvalue weighted by Gasteiger charge is -2.26. The number of esters is 1. The Labute approximate surface area is 149 Å². The number of methoxy groups -OCH3 is 1. The van der Waals surface area contributed by atoms with E-state index in [4.69, 9.17) is 0 Å². The zero-order valence-electron chi connectivity index (χ0n) is 15.3. The number of carbonyl (C=O) groups excluding carboxylic acids is 3. The van der Waals surface area contributed by atoms with E-state index in [9.17, 15) is 14.4 Å². The van der Waals surface area contributed by atoms with E-state index >= 15 is 0 Å². The van der Waals surface area contributed by atoms with Crippen molar-refractivity contribution in [2.45, 2.75) is 45.6 Å². The van der Waals surface area contributed by atoms with Crippen molar-refractivity contribution in [2.75, 3.05) is 20.2 Å². The van der Waals surface area contributed by atoms with Crippen molar-refractivity contribution < 1.29 is 19.1 Å². The second-order valence-corrected chi connectivity index (χ2v) is 6.09. The molecule has 6 heteroatoms. The summed E-state index contributed by atoms with van der Waals surface area (Å²) in [6.07, 6.45) is 1.84. The Morgan fingerprint density at radius 1 is 1.08 bits per heavy atom.